The van der Waals surface area contributed by atoms with Gasteiger partial charge in [-0.3, -0.25) is 19.7 Å². The van der Waals surface area contributed by atoms with E-state index in [-0.39, 0.29) is 11.3 Å². The predicted molar refractivity (Wildman–Crippen MR) is 120 cm³/mol. The Labute approximate surface area is 193 Å². The van der Waals surface area contributed by atoms with Crippen molar-refractivity contribution < 1.29 is 24.0 Å². The molecule has 3 aliphatic carbocycles. The lowest BCUT2D eigenvalue weighted by atomic mass is 9.51. The van der Waals surface area contributed by atoms with Crippen LogP contribution in [0, 0.1) is 22.0 Å². The van der Waals surface area contributed by atoms with Gasteiger partial charge in [0.15, 0.2) is 0 Å². The van der Waals surface area contributed by atoms with E-state index < -0.39 is 46.0 Å². The number of anilines is 1. The summed E-state index contributed by atoms with van der Waals surface area (Å²) in [7, 11) is 1.26. The molecule has 1 aliphatic heterocycles. The Bertz CT molecular complexity index is 1370. The second kappa shape index (κ2) is 6.84. The summed E-state index contributed by atoms with van der Waals surface area (Å²) in [5, 5.41) is 12.9. The molecule has 4 aliphatic rings. The molecule has 7 rings (SSSR count). The number of benzene rings is 3. The van der Waals surface area contributed by atoms with Crippen molar-refractivity contribution in [1.82, 2.24) is 0 Å². The molecule has 0 saturated carbocycles. The van der Waals surface area contributed by atoms with E-state index in [1.807, 2.05) is 12.1 Å². The molecule has 1 heterocycles. The standard InChI is InChI=1S/C26H18N2O6/c1-34-25(31)14-10-12-15(13-11-14)27-23(29)21-20-16-6-2-4-8-18(16)26(28(32)33,22(21)24(27)30)19-9-5-3-7-17(19)20/h2-13,20-22H,1H3/t20?,21-,22+,26?/m0/s1. The maximum absolute atomic E-state index is 13.9. The maximum Gasteiger partial charge on any atom is 0.337 e. The number of rotatable bonds is 3. The largest absolute Gasteiger partial charge is 0.465 e. The number of imide groups is 1. The van der Waals surface area contributed by atoms with Gasteiger partial charge in [-0.1, -0.05) is 48.5 Å². The lowest BCUT2D eigenvalue weighted by Gasteiger charge is -2.48. The molecule has 3 aromatic rings. The van der Waals surface area contributed by atoms with Crippen LogP contribution in [0.4, 0.5) is 5.69 Å². The third-order valence-electron chi connectivity index (χ3n) is 7.41. The van der Waals surface area contributed by atoms with Gasteiger partial charge in [-0.25, -0.2) is 9.69 Å². The summed E-state index contributed by atoms with van der Waals surface area (Å²) >= 11 is 0. The first kappa shape index (κ1) is 20.3. The number of carbonyl (C=O) groups excluding carboxylic acids is 3. The number of hydrogen-bond donors (Lipinski definition) is 0. The van der Waals surface area contributed by atoms with Gasteiger partial charge in [-0.2, -0.15) is 0 Å². The highest BCUT2D eigenvalue weighted by Crippen LogP contribution is 2.64. The van der Waals surface area contributed by atoms with E-state index in [0.29, 0.717) is 22.3 Å². The molecule has 2 bridgehead atoms. The lowest BCUT2D eigenvalue weighted by Crippen LogP contribution is -2.57. The first-order valence-corrected chi connectivity index (χ1v) is 10.8. The van der Waals surface area contributed by atoms with Crippen molar-refractivity contribution in [3.05, 3.63) is 111 Å². The van der Waals surface area contributed by atoms with Gasteiger partial charge in [0.2, 0.25) is 11.8 Å². The molecule has 1 saturated heterocycles. The summed E-state index contributed by atoms with van der Waals surface area (Å²) in [6, 6.07) is 20.0. The molecule has 0 N–H and O–H groups in total. The highest BCUT2D eigenvalue weighted by Gasteiger charge is 2.74. The van der Waals surface area contributed by atoms with Gasteiger partial charge in [0.25, 0.3) is 5.54 Å². The molecule has 0 aromatic heterocycles. The highest BCUT2D eigenvalue weighted by molar-refractivity contribution is 6.23. The van der Waals surface area contributed by atoms with Crippen molar-refractivity contribution in [3.8, 4) is 0 Å². The van der Waals surface area contributed by atoms with Crippen molar-refractivity contribution in [3.63, 3.8) is 0 Å². The second-order valence-electron chi connectivity index (χ2n) is 8.73. The van der Waals surface area contributed by atoms with Crippen LogP contribution in [0.15, 0.2) is 72.8 Å². The van der Waals surface area contributed by atoms with E-state index in [2.05, 4.69) is 0 Å². The van der Waals surface area contributed by atoms with Crippen molar-refractivity contribution in [2.24, 2.45) is 11.8 Å². The van der Waals surface area contributed by atoms with Crippen molar-refractivity contribution >= 4 is 23.5 Å². The molecule has 2 amide bonds. The van der Waals surface area contributed by atoms with Crippen LogP contribution in [0.25, 0.3) is 0 Å². The van der Waals surface area contributed by atoms with E-state index in [4.69, 9.17) is 4.74 Å². The average molecular weight is 454 g/mol. The van der Waals surface area contributed by atoms with Crippen molar-refractivity contribution in [1.29, 1.82) is 0 Å². The Balaban J connectivity index is 1.57. The summed E-state index contributed by atoms with van der Waals surface area (Å²) in [6.07, 6.45) is 0. The van der Waals surface area contributed by atoms with Gasteiger partial charge in [-0.05, 0) is 35.4 Å². The number of nitrogens with zero attached hydrogens (tertiary/aromatic N) is 2. The Morgan fingerprint density at radius 3 is 2.00 bits per heavy atom. The fraction of sp³-hybridized carbons (Fsp3) is 0.192. The molecule has 2 atom stereocenters. The summed E-state index contributed by atoms with van der Waals surface area (Å²) in [5.41, 5.74) is 1.03. The summed E-state index contributed by atoms with van der Waals surface area (Å²) < 4.78 is 4.71. The molecule has 8 nitrogen and oxygen atoms in total. The topological polar surface area (TPSA) is 107 Å². The molecule has 0 unspecified atom stereocenters. The molecular formula is C26H18N2O6. The highest BCUT2D eigenvalue weighted by atomic mass is 16.6. The molecule has 8 heteroatoms. The number of ether oxygens (including phenoxy) is 1. The molecular weight excluding hydrogens is 436 g/mol. The van der Waals surface area contributed by atoms with Crippen LogP contribution in [0.5, 0.6) is 0 Å². The van der Waals surface area contributed by atoms with Gasteiger partial charge in [0.1, 0.15) is 5.92 Å². The number of amides is 2. The maximum atomic E-state index is 13.9. The van der Waals surface area contributed by atoms with E-state index in [1.54, 1.807) is 36.4 Å². The molecule has 0 radical (unpaired) electrons. The van der Waals surface area contributed by atoms with E-state index in [1.165, 1.54) is 31.4 Å². The minimum atomic E-state index is -1.86. The normalized spacial score (nSPS) is 26.0. The lowest BCUT2D eigenvalue weighted by molar-refractivity contribution is -0.578. The number of hydrogen-bond acceptors (Lipinski definition) is 6. The number of nitro groups is 1. The first-order valence-electron chi connectivity index (χ1n) is 10.8. The molecule has 0 spiro atoms. The van der Waals surface area contributed by atoms with Crippen molar-refractivity contribution in [2.75, 3.05) is 12.0 Å². The third-order valence-corrected chi connectivity index (χ3v) is 7.41. The van der Waals surface area contributed by atoms with Crippen molar-refractivity contribution in [2.45, 2.75) is 11.5 Å². The minimum absolute atomic E-state index is 0.267. The Morgan fingerprint density at radius 1 is 0.912 bits per heavy atom. The molecule has 3 aromatic carbocycles. The van der Waals surface area contributed by atoms with Gasteiger partial charge in [0.05, 0.1) is 24.3 Å². The Kier molecular flexibility index (Phi) is 4.08. The van der Waals surface area contributed by atoms with Crippen LogP contribution in [0.2, 0.25) is 0 Å². The van der Waals surface area contributed by atoms with Crippen LogP contribution in [-0.4, -0.2) is 29.8 Å². The summed E-state index contributed by atoms with van der Waals surface area (Å²) in [6.45, 7) is 0. The second-order valence-corrected chi connectivity index (χ2v) is 8.73. The number of esters is 1. The van der Waals surface area contributed by atoms with Gasteiger partial charge in [0, 0.05) is 22.0 Å². The zero-order chi connectivity index (χ0) is 23.8. The van der Waals surface area contributed by atoms with Crippen LogP contribution in [-0.2, 0) is 19.9 Å². The van der Waals surface area contributed by atoms with E-state index in [0.717, 1.165) is 4.90 Å². The average Bonchev–Trinajstić information content (AvgIpc) is 3.14. The van der Waals surface area contributed by atoms with Crippen LogP contribution in [0.1, 0.15) is 38.5 Å². The first-order chi connectivity index (χ1) is 16.4. The number of carbonyl (C=O) groups is 3. The molecule has 168 valence electrons. The van der Waals surface area contributed by atoms with E-state index >= 15 is 0 Å². The van der Waals surface area contributed by atoms with Crippen LogP contribution < -0.4 is 4.90 Å². The molecule has 1 fully saturated rings. The van der Waals surface area contributed by atoms with E-state index in [9.17, 15) is 24.5 Å². The quantitative estimate of drug-likeness (QED) is 0.260. The SMILES string of the molecule is COC(=O)c1ccc(N2C(=O)[C@H]3C4c5ccccc5C([N+](=O)[O-])(c5ccccc54)[C@H]3C2=O)cc1. The summed E-state index contributed by atoms with van der Waals surface area (Å²) in [5.74, 6) is -4.16. The van der Waals surface area contributed by atoms with Crippen LogP contribution in [0.3, 0.4) is 0 Å². The predicted octanol–water partition coefficient (Wildman–Crippen LogP) is 3.26. The zero-order valence-electron chi connectivity index (χ0n) is 18.0. The Morgan fingerprint density at radius 2 is 1.47 bits per heavy atom. The fourth-order valence-electron chi connectivity index (χ4n) is 6.16. The molecule has 34 heavy (non-hydrogen) atoms. The Hall–Kier alpha value is -4.33. The van der Waals surface area contributed by atoms with Gasteiger partial charge >= 0.3 is 5.97 Å². The number of methoxy groups -OCH3 is 1. The van der Waals surface area contributed by atoms with Gasteiger partial charge in [-0.15, -0.1) is 0 Å². The fourth-order valence-corrected chi connectivity index (χ4v) is 6.16. The monoisotopic (exact) mass is 454 g/mol. The third kappa shape index (κ3) is 2.24. The minimum Gasteiger partial charge on any atom is -0.465 e. The van der Waals surface area contributed by atoms with Crippen LogP contribution >= 0.6 is 0 Å². The van der Waals surface area contributed by atoms with Gasteiger partial charge < -0.3 is 4.74 Å². The smallest absolute Gasteiger partial charge is 0.337 e. The zero-order valence-corrected chi connectivity index (χ0v) is 18.0. The summed E-state index contributed by atoms with van der Waals surface area (Å²) in [4.78, 5) is 53.0.